The summed E-state index contributed by atoms with van der Waals surface area (Å²) >= 11 is 0. The number of nitrogen functional groups attached to an aromatic ring is 1. The van der Waals surface area contributed by atoms with Gasteiger partial charge < -0.3 is 20.1 Å². The second-order valence-corrected chi connectivity index (χ2v) is 7.09. The Bertz CT molecular complexity index is 512. The molecule has 1 aromatic carbocycles. The number of hydrogen-bond donors (Lipinski definition) is 1. The lowest BCUT2D eigenvalue weighted by atomic mass is 9.93. The lowest BCUT2D eigenvalue weighted by Gasteiger charge is -2.39. The zero-order chi connectivity index (χ0) is 16.4. The summed E-state index contributed by atoms with van der Waals surface area (Å²) in [6, 6.07) is 7.41. The zero-order valence-corrected chi connectivity index (χ0v) is 13.9. The van der Waals surface area contributed by atoms with Gasteiger partial charge in [0.05, 0.1) is 0 Å². The van der Waals surface area contributed by atoms with E-state index >= 15 is 0 Å². The number of likely N-dealkylation sites (tertiary alicyclic amines) is 1. The molecule has 1 fully saturated rings. The van der Waals surface area contributed by atoms with Crippen LogP contribution in [0.15, 0.2) is 24.3 Å². The first kappa shape index (κ1) is 16.5. The van der Waals surface area contributed by atoms with Gasteiger partial charge in [-0.2, -0.15) is 0 Å². The van der Waals surface area contributed by atoms with Crippen molar-refractivity contribution in [2.24, 2.45) is 0 Å². The van der Waals surface area contributed by atoms with E-state index in [9.17, 15) is 4.79 Å². The Balaban J connectivity index is 1.90. The van der Waals surface area contributed by atoms with E-state index in [2.05, 4.69) is 6.92 Å². The van der Waals surface area contributed by atoms with Crippen molar-refractivity contribution in [2.75, 3.05) is 18.8 Å². The van der Waals surface area contributed by atoms with E-state index in [1.54, 1.807) is 4.90 Å². The summed E-state index contributed by atoms with van der Waals surface area (Å²) in [5.41, 5.74) is 5.67. The van der Waals surface area contributed by atoms with Crippen molar-refractivity contribution >= 4 is 11.8 Å². The van der Waals surface area contributed by atoms with Crippen molar-refractivity contribution < 1.29 is 14.3 Å². The summed E-state index contributed by atoms with van der Waals surface area (Å²) in [6.07, 6.45) is 1.30. The highest BCUT2D eigenvalue weighted by atomic mass is 16.6. The molecule has 5 heteroatoms. The largest absolute Gasteiger partial charge is 0.487 e. The minimum Gasteiger partial charge on any atom is -0.487 e. The highest BCUT2D eigenvalue weighted by Crippen LogP contribution is 2.29. The van der Waals surface area contributed by atoms with Gasteiger partial charge in [0.15, 0.2) is 0 Å². The number of carbonyl (C=O) groups excluding carboxylic acids is 1. The van der Waals surface area contributed by atoms with Gasteiger partial charge in [0.2, 0.25) is 0 Å². The highest BCUT2D eigenvalue weighted by Gasteiger charge is 2.35. The molecule has 1 aromatic rings. The van der Waals surface area contributed by atoms with Crippen LogP contribution in [0, 0.1) is 0 Å². The Kier molecular flexibility index (Phi) is 4.54. The quantitative estimate of drug-likeness (QED) is 0.850. The molecule has 1 aliphatic rings. The van der Waals surface area contributed by atoms with Crippen molar-refractivity contribution in [1.82, 2.24) is 4.90 Å². The molecule has 122 valence electrons. The van der Waals surface area contributed by atoms with E-state index in [4.69, 9.17) is 15.2 Å². The van der Waals surface area contributed by atoms with Gasteiger partial charge in [-0.15, -0.1) is 0 Å². The number of nitrogens with zero attached hydrogens (tertiary/aromatic N) is 1. The predicted octanol–water partition coefficient (Wildman–Crippen LogP) is 3.44. The van der Waals surface area contributed by atoms with E-state index in [1.807, 2.05) is 45.0 Å². The monoisotopic (exact) mass is 306 g/mol. The molecule has 0 aromatic heterocycles. The summed E-state index contributed by atoms with van der Waals surface area (Å²) in [5, 5.41) is 0. The van der Waals surface area contributed by atoms with Gasteiger partial charge in [-0.1, -0.05) is 0 Å². The van der Waals surface area contributed by atoms with Gasteiger partial charge in [-0.3, -0.25) is 0 Å². The van der Waals surface area contributed by atoms with Crippen LogP contribution in [0.1, 0.15) is 40.5 Å². The number of ether oxygens (including phenoxy) is 2. The minimum atomic E-state index is -0.460. The maximum absolute atomic E-state index is 12.1. The van der Waals surface area contributed by atoms with Gasteiger partial charge in [0.25, 0.3) is 0 Å². The van der Waals surface area contributed by atoms with E-state index in [1.165, 1.54) is 0 Å². The first-order valence-corrected chi connectivity index (χ1v) is 7.69. The second kappa shape index (κ2) is 6.07. The predicted molar refractivity (Wildman–Crippen MR) is 86.9 cm³/mol. The first-order valence-electron chi connectivity index (χ1n) is 7.69. The summed E-state index contributed by atoms with van der Waals surface area (Å²) < 4.78 is 11.5. The standard InChI is InChI=1S/C17H26N2O3/c1-16(2,3)22-15(20)19-11-9-17(4,10-12-19)21-14-7-5-13(18)6-8-14/h5-8H,9-12,18H2,1-4H3. The molecule has 0 bridgehead atoms. The molecule has 0 spiro atoms. The summed E-state index contributed by atoms with van der Waals surface area (Å²) in [4.78, 5) is 13.8. The van der Waals surface area contributed by atoms with Crippen LogP contribution in [-0.4, -0.2) is 35.3 Å². The number of anilines is 1. The summed E-state index contributed by atoms with van der Waals surface area (Å²) in [6.45, 7) is 8.99. The second-order valence-electron chi connectivity index (χ2n) is 7.09. The van der Waals surface area contributed by atoms with Gasteiger partial charge in [0, 0.05) is 31.6 Å². The van der Waals surface area contributed by atoms with Gasteiger partial charge in [-0.25, -0.2) is 4.79 Å². The fourth-order valence-electron chi connectivity index (χ4n) is 2.41. The van der Waals surface area contributed by atoms with Crippen LogP contribution < -0.4 is 10.5 Å². The third kappa shape index (κ3) is 4.55. The van der Waals surface area contributed by atoms with Crippen LogP contribution in [0.3, 0.4) is 0 Å². The van der Waals surface area contributed by atoms with Crippen LogP contribution >= 0.6 is 0 Å². The molecule has 0 radical (unpaired) electrons. The smallest absolute Gasteiger partial charge is 0.410 e. The molecule has 0 unspecified atom stereocenters. The van der Waals surface area contributed by atoms with Crippen molar-refractivity contribution in [1.29, 1.82) is 0 Å². The Morgan fingerprint density at radius 1 is 1.18 bits per heavy atom. The lowest BCUT2D eigenvalue weighted by molar-refractivity contribution is -0.00980. The topological polar surface area (TPSA) is 64.8 Å². The number of nitrogens with two attached hydrogens (primary N) is 1. The van der Waals surface area contributed by atoms with E-state index in [0.717, 1.165) is 24.3 Å². The number of carbonyl (C=O) groups is 1. The van der Waals surface area contributed by atoms with Crippen molar-refractivity contribution in [3.63, 3.8) is 0 Å². The molecule has 1 amide bonds. The van der Waals surface area contributed by atoms with E-state index in [-0.39, 0.29) is 11.7 Å². The highest BCUT2D eigenvalue weighted by molar-refractivity contribution is 5.68. The number of rotatable bonds is 2. The molecular formula is C17H26N2O3. The van der Waals surface area contributed by atoms with Crippen LogP contribution in [0.4, 0.5) is 10.5 Å². The van der Waals surface area contributed by atoms with Crippen molar-refractivity contribution in [2.45, 2.75) is 51.7 Å². The molecular weight excluding hydrogens is 280 g/mol. The minimum absolute atomic E-state index is 0.248. The SMILES string of the molecule is CC(C)(C)OC(=O)N1CCC(C)(Oc2ccc(N)cc2)CC1. The van der Waals surface area contributed by atoms with E-state index < -0.39 is 5.60 Å². The van der Waals surface area contributed by atoms with Crippen LogP contribution in [0.5, 0.6) is 5.75 Å². The summed E-state index contributed by atoms with van der Waals surface area (Å²) in [5.74, 6) is 0.808. The Labute approximate surface area is 132 Å². The summed E-state index contributed by atoms with van der Waals surface area (Å²) in [7, 11) is 0. The average molecular weight is 306 g/mol. The van der Waals surface area contributed by atoms with Gasteiger partial charge >= 0.3 is 6.09 Å². The Morgan fingerprint density at radius 3 is 2.23 bits per heavy atom. The number of amides is 1. The molecule has 0 atom stereocenters. The van der Waals surface area contributed by atoms with Crippen molar-refractivity contribution in [3.8, 4) is 5.75 Å². The Morgan fingerprint density at radius 2 is 1.73 bits per heavy atom. The molecule has 1 saturated heterocycles. The molecule has 22 heavy (non-hydrogen) atoms. The van der Waals surface area contributed by atoms with Gasteiger partial charge in [0.1, 0.15) is 17.0 Å². The van der Waals surface area contributed by atoms with Crippen molar-refractivity contribution in [3.05, 3.63) is 24.3 Å². The number of hydrogen-bond acceptors (Lipinski definition) is 4. The maximum atomic E-state index is 12.1. The normalized spacial score (nSPS) is 17.9. The molecule has 1 aliphatic heterocycles. The maximum Gasteiger partial charge on any atom is 0.410 e. The van der Waals surface area contributed by atoms with Gasteiger partial charge in [-0.05, 0) is 52.0 Å². The molecule has 2 rings (SSSR count). The van der Waals surface area contributed by atoms with Crippen LogP contribution in [0.2, 0.25) is 0 Å². The average Bonchev–Trinajstić information content (AvgIpc) is 2.40. The molecule has 1 heterocycles. The first-order chi connectivity index (χ1) is 10.2. The molecule has 0 saturated carbocycles. The number of piperidine rings is 1. The van der Waals surface area contributed by atoms with Crippen LogP contribution in [0.25, 0.3) is 0 Å². The lowest BCUT2D eigenvalue weighted by Crippen LogP contribution is -2.49. The Hall–Kier alpha value is -1.91. The molecule has 0 aliphatic carbocycles. The molecule has 2 N–H and O–H groups in total. The zero-order valence-electron chi connectivity index (χ0n) is 13.9. The fraction of sp³-hybridized carbons (Fsp3) is 0.588. The fourth-order valence-corrected chi connectivity index (χ4v) is 2.41. The molecule has 5 nitrogen and oxygen atoms in total. The number of benzene rings is 1. The van der Waals surface area contributed by atoms with Crippen LogP contribution in [-0.2, 0) is 4.74 Å². The third-order valence-corrected chi connectivity index (χ3v) is 3.72. The van der Waals surface area contributed by atoms with E-state index in [0.29, 0.717) is 13.1 Å². The third-order valence-electron chi connectivity index (χ3n) is 3.72.